The van der Waals surface area contributed by atoms with E-state index in [1.54, 1.807) is 24.7 Å². The van der Waals surface area contributed by atoms with Crippen molar-refractivity contribution in [2.24, 2.45) is 0 Å². The highest BCUT2D eigenvalue weighted by Gasteiger charge is 2.23. The van der Waals surface area contributed by atoms with Crippen molar-refractivity contribution < 1.29 is 9.13 Å². The van der Waals surface area contributed by atoms with Crippen molar-refractivity contribution in [3.63, 3.8) is 0 Å². The molecule has 3 aromatic heterocycles. The molecular weight excluding hydrogens is 391 g/mol. The molecule has 1 aliphatic heterocycles. The van der Waals surface area contributed by atoms with E-state index in [4.69, 9.17) is 16.3 Å². The molecule has 0 radical (unpaired) electrons. The van der Waals surface area contributed by atoms with E-state index in [9.17, 15) is 4.39 Å². The number of pyridine rings is 2. The van der Waals surface area contributed by atoms with Crippen LogP contribution in [0.5, 0.6) is 5.75 Å². The Morgan fingerprint density at radius 2 is 2.07 bits per heavy atom. The zero-order chi connectivity index (χ0) is 19.8. The Balaban J connectivity index is 1.73. The third kappa shape index (κ3) is 3.34. The van der Waals surface area contributed by atoms with Gasteiger partial charge in [-0.25, -0.2) is 4.39 Å². The number of ether oxygens (including phenoxy) is 1. The van der Waals surface area contributed by atoms with Crippen molar-refractivity contribution in [2.75, 3.05) is 13.1 Å². The summed E-state index contributed by atoms with van der Waals surface area (Å²) in [6, 6.07) is 10.2. The number of hydrogen-bond acceptors (Lipinski definition) is 4. The van der Waals surface area contributed by atoms with E-state index < -0.39 is 0 Å². The maximum atomic E-state index is 14.8. The van der Waals surface area contributed by atoms with Crippen LogP contribution >= 0.6 is 11.6 Å². The molecule has 146 valence electrons. The van der Waals surface area contributed by atoms with Crippen LogP contribution in [0, 0.1) is 5.82 Å². The van der Waals surface area contributed by atoms with Crippen LogP contribution in [-0.2, 0) is 0 Å². The van der Waals surface area contributed by atoms with E-state index in [2.05, 4.69) is 20.3 Å². The van der Waals surface area contributed by atoms with Crippen LogP contribution in [0.15, 0.2) is 55.0 Å². The summed E-state index contributed by atoms with van der Waals surface area (Å²) in [5.74, 6) is 0.287. The van der Waals surface area contributed by atoms with Gasteiger partial charge in [0.05, 0.1) is 22.9 Å². The summed E-state index contributed by atoms with van der Waals surface area (Å²) in [6.45, 7) is 1.72. The van der Waals surface area contributed by atoms with Gasteiger partial charge in [-0.15, -0.1) is 0 Å². The molecule has 4 heterocycles. The van der Waals surface area contributed by atoms with Crippen LogP contribution in [0.4, 0.5) is 4.39 Å². The number of hydrogen-bond donors (Lipinski definition) is 2. The fourth-order valence-corrected chi connectivity index (χ4v) is 3.94. The smallest absolute Gasteiger partial charge is 0.147 e. The van der Waals surface area contributed by atoms with Crippen molar-refractivity contribution in [1.82, 2.24) is 20.3 Å². The Morgan fingerprint density at radius 1 is 1.14 bits per heavy atom. The first kappa shape index (κ1) is 18.1. The molecule has 1 aromatic carbocycles. The Labute approximate surface area is 171 Å². The number of halogens is 2. The highest BCUT2D eigenvalue weighted by atomic mass is 35.5. The highest BCUT2D eigenvalue weighted by molar-refractivity contribution is 6.31. The molecule has 0 spiro atoms. The fraction of sp³-hybridized carbons (Fsp3) is 0.182. The van der Waals surface area contributed by atoms with Crippen molar-refractivity contribution in [2.45, 2.75) is 12.5 Å². The Hall–Kier alpha value is -2.96. The second kappa shape index (κ2) is 7.46. The Morgan fingerprint density at radius 3 is 2.93 bits per heavy atom. The number of H-pyrrole nitrogens is 1. The summed E-state index contributed by atoms with van der Waals surface area (Å²) in [4.78, 5) is 12.1. The Bertz CT molecular complexity index is 1190. The largest absolute Gasteiger partial charge is 0.487 e. The van der Waals surface area contributed by atoms with Gasteiger partial charge >= 0.3 is 0 Å². The van der Waals surface area contributed by atoms with E-state index >= 15 is 0 Å². The molecule has 0 bridgehead atoms. The van der Waals surface area contributed by atoms with Gasteiger partial charge in [-0.1, -0.05) is 11.6 Å². The van der Waals surface area contributed by atoms with Gasteiger partial charge in [-0.2, -0.15) is 0 Å². The van der Waals surface area contributed by atoms with E-state index in [1.807, 2.05) is 18.2 Å². The van der Waals surface area contributed by atoms with Crippen molar-refractivity contribution >= 4 is 22.6 Å². The third-order valence-electron chi connectivity index (χ3n) is 5.11. The Kier molecular flexibility index (Phi) is 4.66. The van der Waals surface area contributed by atoms with Crippen LogP contribution < -0.4 is 10.1 Å². The van der Waals surface area contributed by atoms with Crippen molar-refractivity contribution in [3.8, 4) is 28.1 Å². The van der Waals surface area contributed by atoms with Gasteiger partial charge in [-0.3, -0.25) is 9.97 Å². The maximum absolute atomic E-state index is 14.8. The lowest BCUT2D eigenvalue weighted by Gasteiger charge is -2.16. The van der Waals surface area contributed by atoms with Gasteiger partial charge in [0.25, 0.3) is 0 Å². The van der Waals surface area contributed by atoms with Gasteiger partial charge in [-0.05, 0) is 49.4 Å². The first-order valence-electron chi connectivity index (χ1n) is 9.44. The average Bonchev–Trinajstić information content (AvgIpc) is 3.38. The zero-order valence-electron chi connectivity index (χ0n) is 15.5. The number of aromatic nitrogens is 3. The number of rotatable bonds is 4. The van der Waals surface area contributed by atoms with Gasteiger partial charge < -0.3 is 15.0 Å². The number of aromatic amines is 1. The first-order valence-corrected chi connectivity index (χ1v) is 9.82. The molecule has 0 aliphatic carbocycles. The number of fused-ring (bicyclic) bond motifs is 1. The maximum Gasteiger partial charge on any atom is 0.147 e. The lowest BCUT2D eigenvalue weighted by atomic mass is 10.00. The predicted molar refractivity (Wildman–Crippen MR) is 112 cm³/mol. The highest BCUT2D eigenvalue weighted by Crippen LogP contribution is 2.42. The summed E-state index contributed by atoms with van der Waals surface area (Å²) in [7, 11) is 0. The molecule has 4 aromatic rings. The summed E-state index contributed by atoms with van der Waals surface area (Å²) in [5.41, 5.74) is 4.06. The monoisotopic (exact) mass is 408 g/mol. The van der Waals surface area contributed by atoms with Crippen molar-refractivity contribution in [3.05, 3.63) is 65.8 Å². The molecule has 0 saturated carbocycles. The molecule has 1 unspecified atom stereocenters. The minimum Gasteiger partial charge on any atom is -0.487 e. The molecule has 1 fully saturated rings. The molecular formula is C22H18ClFN4O. The minimum atomic E-state index is -0.362. The molecule has 0 amide bonds. The lowest BCUT2D eigenvalue weighted by molar-refractivity contribution is 0.223. The predicted octanol–water partition coefficient (Wildman–Crippen LogP) is 4.83. The zero-order valence-corrected chi connectivity index (χ0v) is 16.2. The van der Waals surface area contributed by atoms with Crippen LogP contribution in [0.25, 0.3) is 33.4 Å². The van der Waals surface area contributed by atoms with Crippen LogP contribution in [0.2, 0.25) is 5.02 Å². The normalized spacial score (nSPS) is 16.4. The summed E-state index contributed by atoms with van der Waals surface area (Å²) in [6.07, 6.45) is 6.10. The molecule has 29 heavy (non-hydrogen) atoms. The molecule has 2 N–H and O–H groups in total. The minimum absolute atomic E-state index is 0.0757. The summed E-state index contributed by atoms with van der Waals surface area (Å²) in [5, 5.41) is 3.76. The molecule has 1 saturated heterocycles. The lowest BCUT2D eigenvalue weighted by Crippen LogP contribution is -2.20. The number of benzene rings is 1. The second-order valence-electron chi connectivity index (χ2n) is 7.00. The van der Waals surface area contributed by atoms with E-state index in [0.717, 1.165) is 36.3 Å². The molecule has 7 heteroatoms. The quantitative estimate of drug-likeness (QED) is 0.508. The molecule has 1 atom stereocenters. The third-order valence-corrected chi connectivity index (χ3v) is 5.35. The first-order chi connectivity index (χ1) is 14.2. The number of nitrogens with one attached hydrogen (secondary N) is 2. The van der Waals surface area contributed by atoms with E-state index in [1.165, 1.54) is 12.1 Å². The van der Waals surface area contributed by atoms with Crippen molar-refractivity contribution in [1.29, 1.82) is 0 Å². The van der Waals surface area contributed by atoms with Crippen LogP contribution in [0.1, 0.15) is 6.42 Å². The fourth-order valence-electron chi connectivity index (χ4n) is 3.76. The van der Waals surface area contributed by atoms with E-state index in [0.29, 0.717) is 27.4 Å². The summed E-state index contributed by atoms with van der Waals surface area (Å²) >= 11 is 6.19. The van der Waals surface area contributed by atoms with Crippen LogP contribution in [0.3, 0.4) is 0 Å². The topological polar surface area (TPSA) is 62.8 Å². The van der Waals surface area contributed by atoms with Gasteiger partial charge in [0.2, 0.25) is 0 Å². The second-order valence-corrected chi connectivity index (χ2v) is 7.44. The molecule has 1 aliphatic rings. The average molecular weight is 409 g/mol. The number of nitrogens with zero attached hydrogens (tertiary/aromatic N) is 2. The van der Waals surface area contributed by atoms with Crippen LogP contribution in [-0.4, -0.2) is 34.1 Å². The summed E-state index contributed by atoms with van der Waals surface area (Å²) < 4.78 is 21.0. The van der Waals surface area contributed by atoms with Gasteiger partial charge in [0.15, 0.2) is 0 Å². The molecule has 5 rings (SSSR count). The van der Waals surface area contributed by atoms with E-state index in [-0.39, 0.29) is 11.9 Å². The van der Waals surface area contributed by atoms with Gasteiger partial charge in [0, 0.05) is 40.7 Å². The molecule has 5 nitrogen and oxygen atoms in total. The SMILES string of the molecule is Fc1ccc(Cl)cc1-c1c(-c2ccncc2OC2CCNC2)[nH]c2cccnc12. The van der Waals surface area contributed by atoms with Gasteiger partial charge in [0.1, 0.15) is 17.7 Å². The standard InChI is InChI=1S/C22H18ClFN4O/c23-13-3-4-17(24)16(10-13)20-21(28-18-2-1-7-27-22(18)20)15-6-9-26-12-19(15)29-14-5-8-25-11-14/h1-4,6-7,9-10,12,14,25,28H,5,8,11H2.